The number of rotatable bonds is 4. The molecule has 0 radical (unpaired) electrons. The molecule has 0 aliphatic carbocycles. The third kappa shape index (κ3) is 2.56. The average molecular weight is 267 g/mol. The molecule has 6 nitrogen and oxygen atoms in total. The van der Waals surface area contributed by atoms with Gasteiger partial charge in [0.1, 0.15) is 5.78 Å². The minimum atomic E-state index is -1.57. The van der Waals surface area contributed by atoms with Gasteiger partial charge in [-0.25, -0.2) is 8.89 Å². The van der Waals surface area contributed by atoms with Gasteiger partial charge in [-0.2, -0.15) is 5.10 Å². The van der Waals surface area contributed by atoms with Crippen molar-refractivity contribution < 1.29 is 13.8 Å². The Hall–Kier alpha value is -1.76. The van der Waals surface area contributed by atoms with Crippen LogP contribution in [0.3, 0.4) is 0 Å². The summed E-state index contributed by atoms with van der Waals surface area (Å²) in [4.78, 5) is 22.6. The smallest absolute Gasteiger partial charge is 0.258 e. The molecule has 1 atom stereocenters. The van der Waals surface area contributed by atoms with Gasteiger partial charge < -0.3 is 0 Å². The van der Waals surface area contributed by atoms with E-state index >= 15 is 0 Å². The van der Waals surface area contributed by atoms with Gasteiger partial charge in [-0.3, -0.25) is 14.3 Å². The molecule has 0 fully saturated rings. The number of hydrogen-bond acceptors (Lipinski definition) is 4. The number of nitrogens with zero attached hydrogens (tertiary/aromatic N) is 2. The highest BCUT2D eigenvalue weighted by atomic mass is 32.2. The van der Waals surface area contributed by atoms with Crippen molar-refractivity contribution in [3.05, 3.63) is 24.0 Å². The Morgan fingerprint density at radius 2 is 2.28 bits per heavy atom. The first kappa shape index (κ1) is 12.7. The summed E-state index contributed by atoms with van der Waals surface area (Å²) in [6.07, 6.45) is 4.68. The molecule has 2 heterocycles. The lowest BCUT2D eigenvalue weighted by atomic mass is 10.0. The SMILES string of the molecule is CC(C)C(=O)Cc1cnn(C2=CC(=O)NS2=O)c1. The Kier molecular flexibility index (Phi) is 3.42. The van der Waals surface area contributed by atoms with Crippen molar-refractivity contribution in [3.8, 4) is 0 Å². The van der Waals surface area contributed by atoms with Crippen LogP contribution in [0.4, 0.5) is 0 Å². The zero-order chi connectivity index (χ0) is 13.3. The van der Waals surface area contributed by atoms with Crippen LogP contribution in [0.15, 0.2) is 18.5 Å². The van der Waals surface area contributed by atoms with Crippen molar-refractivity contribution in [3.63, 3.8) is 0 Å². The van der Waals surface area contributed by atoms with Gasteiger partial charge in [0, 0.05) is 24.6 Å². The quantitative estimate of drug-likeness (QED) is 0.847. The largest absolute Gasteiger partial charge is 0.299 e. The molecule has 1 aliphatic heterocycles. The zero-order valence-electron chi connectivity index (χ0n) is 10.0. The van der Waals surface area contributed by atoms with Crippen LogP contribution in [0.1, 0.15) is 19.4 Å². The summed E-state index contributed by atoms with van der Waals surface area (Å²) in [5, 5.41) is 4.29. The topological polar surface area (TPSA) is 81.1 Å². The maximum absolute atomic E-state index is 11.6. The summed E-state index contributed by atoms with van der Waals surface area (Å²) in [6.45, 7) is 3.67. The third-order valence-electron chi connectivity index (χ3n) is 2.52. The van der Waals surface area contributed by atoms with Gasteiger partial charge in [0.2, 0.25) is 0 Å². The second kappa shape index (κ2) is 4.85. The van der Waals surface area contributed by atoms with Crippen molar-refractivity contribution in [2.24, 2.45) is 5.92 Å². The highest BCUT2D eigenvalue weighted by Crippen LogP contribution is 2.14. The van der Waals surface area contributed by atoms with E-state index in [4.69, 9.17) is 0 Å². The highest BCUT2D eigenvalue weighted by molar-refractivity contribution is 7.93. The molecule has 1 unspecified atom stereocenters. The van der Waals surface area contributed by atoms with Crippen LogP contribution in [-0.2, 0) is 27.0 Å². The molecule has 0 aromatic carbocycles. The Bertz CT molecular complexity index is 560. The second-order valence-corrected chi connectivity index (χ2v) is 5.47. The van der Waals surface area contributed by atoms with Gasteiger partial charge in [-0.1, -0.05) is 13.8 Å². The first-order valence-electron chi connectivity index (χ1n) is 5.48. The Morgan fingerprint density at radius 3 is 2.83 bits per heavy atom. The molecule has 7 heteroatoms. The standard InChI is InChI=1S/C11H13N3O3S/c1-7(2)9(15)3-8-5-12-14(6-8)11-4-10(16)13-18(11)17/h4-7H,3H2,1-2H3,(H,13,16). The zero-order valence-corrected chi connectivity index (χ0v) is 10.9. The number of amides is 1. The van der Waals surface area contributed by atoms with Gasteiger partial charge in [-0.15, -0.1) is 0 Å². The van der Waals surface area contributed by atoms with Crippen LogP contribution in [-0.4, -0.2) is 25.7 Å². The highest BCUT2D eigenvalue weighted by Gasteiger charge is 2.22. The maximum atomic E-state index is 11.6. The molecule has 18 heavy (non-hydrogen) atoms. The van der Waals surface area contributed by atoms with Gasteiger partial charge in [0.15, 0.2) is 16.0 Å². The summed E-state index contributed by atoms with van der Waals surface area (Å²) in [5.74, 6) is -0.319. The monoisotopic (exact) mass is 267 g/mol. The first-order chi connectivity index (χ1) is 8.47. The van der Waals surface area contributed by atoms with Crippen molar-refractivity contribution in [1.29, 1.82) is 0 Å². The van der Waals surface area contributed by atoms with Crippen LogP contribution in [0, 0.1) is 5.92 Å². The number of carbonyl (C=O) groups is 2. The first-order valence-corrected chi connectivity index (χ1v) is 6.63. The fourth-order valence-corrected chi connectivity index (χ4v) is 2.30. The van der Waals surface area contributed by atoms with Crippen molar-refractivity contribution >= 4 is 27.7 Å². The fourth-order valence-electron chi connectivity index (χ4n) is 1.47. The molecule has 2 rings (SSSR count). The summed E-state index contributed by atoms with van der Waals surface area (Å²) in [6, 6.07) is 0. The predicted molar refractivity (Wildman–Crippen MR) is 66.3 cm³/mol. The molecular formula is C11H13N3O3S. The number of carbonyl (C=O) groups excluding carboxylic acids is 2. The van der Waals surface area contributed by atoms with Crippen molar-refractivity contribution in [2.45, 2.75) is 20.3 Å². The van der Waals surface area contributed by atoms with E-state index in [2.05, 4.69) is 9.82 Å². The molecule has 0 spiro atoms. The molecule has 96 valence electrons. The van der Waals surface area contributed by atoms with Crippen LogP contribution >= 0.6 is 0 Å². The molecular weight excluding hydrogens is 254 g/mol. The molecule has 1 aromatic heterocycles. The van der Waals surface area contributed by atoms with Crippen molar-refractivity contribution in [2.75, 3.05) is 0 Å². The molecule has 0 saturated carbocycles. The summed E-state index contributed by atoms with van der Waals surface area (Å²) in [5.41, 5.74) is 0.742. The Balaban J connectivity index is 2.16. The van der Waals surface area contributed by atoms with E-state index in [1.165, 1.54) is 10.8 Å². The lowest BCUT2D eigenvalue weighted by molar-refractivity contribution is -0.121. The predicted octanol–water partition coefficient (Wildman–Crippen LogP) is 0.243. The van der Waals surface area contributed by atoms with Gasteiger partial charge >= 0.3 is 0 Å². The van der Waals surface area contributed by atoms with Gasteiger partial charge in [0.05, 0.1) is 6.20 Å². The summed E-state index contributed by atoms with van der Waals surface area (Å²) < 4.78 is 15.1. The maximum Gasteiger partial charge on any atom is 0.258 e. The molecule has 1 aliphatic rings. The average Bonchev–Trinajstić information content (AvgIpc) is 2.85. The number of Topliss-reactive ketones (excluding diaryl/α,β-unsaturated/α-hetero) is 1. The number of nitrogens with one attached hydrogen (secondary N) is 1. The summed E-state index contributed by atoms with van der Waals surface area (Å²) >= 11 is 0. The van der Waals surface area contributed by atoms with E-state index in [0.29, 0.717) is 6.42 Å². The van der Waals surface area contributed by atoms with Crippen LogP contribution in [0.5, 0.6) is 0 Å². The van der Waals surface area contributed by atoms with E-state index in [-0.39, 0.29) is 16.7 Å². The fraction of sp³-hybridized carbons (Fsp3) is 0.364. The van der Waals surface area contributed by atoms with Crippen molar-refractivity contribution in [1.82, 2.24) is 14.5 Å². The number of hydrogen-bond donors (Lipinski definition) is 1. The third-order valence-corrected chi connectivity index (χ3v) is 3.59. The minimum Gasteiger partial charge on any atom is -0.299 e. The van der Waals surface area contributed by atoms with Gasteiger partial charge in [0.25, 0.3) is 5.91 Å². The molecule has 0 bridgehead atoms. The van der Waals surface area contributed by atoms with Gasteiger partial charge in [-0.05, 0) is 5.56 Å². The minimum absolute atomic E-state index is 0.0311. The van der Waals surface area contributed by atoms with E-state index in [1.807, 2.05) is 13.8 Å². The summed E-state index contributed by atoms with van der Waals surface area (Å²) in [7, 11) is -1.57. The second-order valence-electron chi connectivity index (χ2n) is 4.31. The van der Waals surface area contributed by atoms with E-state index in [0.717, 1.165) is 5.56 Å². The lowest BCUT2D eigenvalue weighted by Gasteiger charge is -2.01. The lowest BCUT2D eigenvalue weighted by Crippen LogP contribution is -2.17. The Morgan fingerprint density at radius 1 is 1.56 bits per heavy atom. The van der Waals surface area contributed by atoms with Crippen LogP contribution in [0.2, 0.25) is 0 Å². The van der Waals surface area contributed by atoms with E-state index in [1.54, 1.807) is 12.4 Å². The van der Waals surface area contributed by atoms with E-state index < -0.39 is 16.9 Å². The number of ketones is 1. The number of aromatic nitrogens is 2. The molecule has 0 saturated heterocycles. The van der Waals surface area contributed by atoms with E-state index in [9.17, 15) is 13.8 Å². The van der Waals surface area contributed by atoms with Crippen LogP contribution < -0.4 is 4.72 Å². The molecule has 1 amide bonds. The van der Waals surface area contributed by atoms with Crippen LogP contribution in [0.25, 0.3) is 5.03 Å². The molecule has 1 aromatic rings. The normalized spacial score (nSPS) is 18.9. The molecule has 1 N–H and O–H groups in total. The Labute approximate surface area is 107 Å².